The van der Waals surface area contributed by atoms with Crippen LogP contribution in [-0.4, -0.2) is 40.6 Å². The van der Waals surface area contributed by atoms with Crippen molar-refractivity contribution in [2.45, 2.75) is 25.3 Å². The summed E-state index contributed by atoms with van der Waals surface area (Å²) in [7, 11) is 0. The van der Waals surface area contributed by atoms with E-state index in [9.17, 15) is 19.5 Å². The van der Waals surface area contributed by atoms with Crippen LogP contribution in [-0.2, 0) is 16.0 Å². The average molecular weight is 411 g/mol. The second-order valence-electron chi connectivity index (χ2n) is 5.69. The molecule has 144 valence electrons. The predicted molar refractivity (Wildman–Crippen MR) is 103 cm³/mol. The van der Waals surface area contributed by atoms with E-state index in [0.717, 1.165) is 5.56 Å². The zero-order valence-electron chi connectivity index (χ0n) is 14.3. The van der Waals surface area contributed by atoms with E-state index in [4.69, 9.17) is 17.3 Å². The number of nitrogens with one attached hydrogen (secondary N) is 2. The second-order valence-corrected chi connectivity index (χ2v) is 6.96. The van der Waals surface area contributed by atoms with E-state index in [1.807, 2.05) is 18.2 Å². The van der Waals surface area contributed by atoms with E-state index in [-0.39, 0.29) is 19.4 Å². The number of halogens is 1. The highest BCUT2D eigenvalue weighted by Gasteiger charge is 2.20. The largest absolute Gasteiger partial charge is 0.480 e. The number of carboxylic acids is 1. The molecule has 10 heteroatoms. The Kier molecular flexibility index (Phi) is 7.56. The van der Waals surface area contributed by atoms with Gasteiger partial charge in [0.25, 0.3) is 0 Å². The van der Waals surface area contributed by atoms with E-state index < -0.39 is 23.9 Å². The number of hydrogen-bond donors (Lipinski definition) is 4. The summed E-state index contributed by atoms with van der Waals surface area (Å²) < 4.78 is 0. The fourth-order valence-corrected chi connectivity index (χ4v) is 3.47. The minimum Gasteiger partial charge on any atom is -0.480 e. The molecule has 0 spiro atoms. The number of rotatable bonds is 9. The maximum absolute atomic E-state index is 12.2. The van der Waals surface area contributed by atoms with Gasteiger partial charge in [-0.05, 0) is 18.9 Å². The Labute approximate surface area is 164 Å². The first-order valence-electron chi connectivity index (χ1n) is 8.11. The lowest BCUT2D eigenvalue weighted by atomic mass is 10.1. The Morgan fingerprint density at radius 3 is 2.70 bits per heavy atom. The molecule has 1 heterocycles. The number of aromatic nitrogens is 1. The maximum Gasteiger partial charge on any atom is 0.326 e. The Bertz CT molecular complexity index is 827. The van der Waals surface area contributed by atoms with Gasteiger partial charge in [-0.15, -0.1) is 11.3 Å². The summed E-state index contributed by atoms with van der Waals surface area (Å²) in [4.78, 5) is 38.4. The molecule has 1 aromatic heterocycles. The molecule has 8 nitrogen and oxygen atoms in total. The summed E-state index contributed by atoms with van der Waals surface area (Å²) in [6, 6.07) is 5.54. The summed E-state index contributed by atoms with van der Waals surface area (Å²) in [6.45, 7) is 0.238. The third kappa shape index (κ3) is 6.54. The number of amides is 3. The fourth-order valence-electron chi connectivity index (χ4n) is 2.33. The van der Waals surface area contributed by atoms with Gasteiger partial charge in [-0.3, -0.25) is 4.79 Å². The smallest absolute Gasteiger partial charge is 0.326 e. The number of benzene rings is 1. The number of nitrogens with zero attached hydrogens (tertiary/aromatic N) is 1. The van der Waals surface area contributed by atoms with Gasteiger partial charge in [-0.1, -0.05) is 29.8 Å². The zero-order chi connectivity index (χ0) is 19.8. The van der Waals surface area contributed by atoms with Gasteiger partial charge in [0.05, 0.1) is 17.1 Å². The van der Waals surface area contributed by atoms with Crippen LogP contribution in [0.15, 0.2) is 29.6 Å². The van der Waals surface area contributed by atoms with Gasteiger partial charge >= 0.3 is 12.0 Å². The Hall–Kier alpha value is -2.65. The number of urea groups is 1. The SMILES string of the molecule is NC(=O)NCCCC(NC(=O)Cc1csc(-c2ccccc2Cl)n1)C(=O)O. The number of thiazole rings is 1. The van der Waals surface area contributed by atoms with Crippen LogP contribution in [0.2, 0.25) is 5.02 Å². The van der Waals surface area contributed by atoms with Gasteiger partial charge in [-0.2, -0.15) is 0 Å². The molecule has 2 aromatic rings. The van der Waals surface area contributed by atoms with E-state index >= 15 is 0 Å². The minimum atomic E-state index is -1.14. The number of hydrogen-bond acceptors (Lipinski definition) is 5. The molecule has 5 N–H and O–H groups in total. The van der Waals surface area contributed by atoms with Crippen molar-refractivity contribution in [2.24, 2.45) is 5.73 Å². The lowest BCUT2D eigenvalue weighted by Crippen LogP contribution is -2.42. The number of primary amides is 1. The lowest BCUT2D eigenvalue weighted by molar-refractivity contribution is -0.141. The van der Waals surface area contributed by atoms with Gasteiger partial charge in [0.2, 0.25) is 5.91 Å². The summed E-state index contributed by atoms with van der Waals surface area (Å²) in [6.07, 6.45) is 0.501. The van der Waals surface area contributed by atoms with Crippen molar-refractivity contribution < 1.29 is 19.5 Å². The van der Waals surface area contributed by atoms with Crippen LogP contribution in [0.1, 0.15) is 18.5 Å². The molecule has 0 radical (unpaired) electrons. The van der Waals surface area contributed by atoms with E-state index in [2.05, 4.69) is 15.6 Å². The van der Waals surface area contributed by atoms with Crippen LogP contribution >= 0.6 is 22.9 Å². The van der Waals surface area contributed by atoms with Crippen LogP contribution in [0.3, 0.4) is 0 Å². The summed E-state index contributed by atoms with van der Waals surface area (Å²) in [5, 5.41) is 17.1. The van der Waals surface area contributed by atoms with Crippen LogP contribution in [0, 0.1) is 0 Å². The number of nitrogens with two attached hydrogens (primary N) is 1. The van der Waals surface area contributed by atoms with E-state index in [0.29, 0.717) is 22.1 Å². The Morgan fingerprint density at radius 2 is 2.04 bits per heavy atom. The molecule has 1 unspecified atom stereocenters. The van der Waals surface area contributed by atoms with Crippen LogP contribution in [0.25, 0.3) is 10.6 Å². The lowest BCUT2D eigenvalue weighted by Gasteiger charge is -2.14. The minimum absolute atomic E-state index is 0.0374. The molecule has 0 aliphatic carbocycles. The number of carboxylic acid groups (broad SMARTS) is 1. The molecule has 3 amide bonds. The molecule has 1 aromatic carbocycles. The Balaban J connectivity index is 1.91. The third-order valence-corrected chi connectivity index (χ3v) is 4.85. The fraction of sp³-hybridized carbons (Fsp3) is 0.294. The van der Waals surface area contributed by atoms with Gasteiger partial charge < -0.3 is 21.5 Å². The summed E-state index contributed by atoms with van der Waals surface area (Å²) in [5.74, 6) is -1.58. The first-order chi connectivity index (χ1) is 12.9. The van der Waals surface area contributed by atoms with Gasteiger partial charge in [0.1, 0.15) is 11.0 Å². The van der Waals surface area contributed by atoms with Crippen molar-refractivity contribution in [3.63, 3.8) is 0 Å². The molecule has 1 atom stereocenters. The topological polar surface area (TPSA) is 134 Å². The van der Waals surface area contributed by atoms with Crippen molar-refractivity contribution in [3.8, 4) is 10.6 Å². The van der Waals surface area contributed by atoms with Crippen molar-refractivity contribution in [1.82, 2.24) is 15.6 Å². The molecular formula is C17H19ClN4O4S. The molecule has 0 saturated carbocycles. The average Bonchev–Trinajstić information content (AvgIpc) is 3.05. The molecule has 0 fully saturated rings. The first-order valence-corrected chi connectivity index (χ1v) is 9.37. The number of aliphatic carboxylic acids is 1. The quantitative estimate of drug-likeness (QED) is 0.469. The van der Waals surface area contributed by atoms with E-state index in [1.165, 1.54) is 11.3 Å². The maximum atomic E-state index is 12.2. The highest BCUT2D eigenvalue weighted by molar-refractivity contribution is 7.13. The molecular weight excluding hydrogens is 392 g/mol. The molecule has 2 rings (SSSR count). The van der Waals surface area contributed by atoms with Gasteiger partial charge in [0.15, 0.2) is 0 Å². The zero-order valence-corrected chi connectivity index (χ0v) is 15.8. The molecule has 0 bridgehead atoms. The highest BCUT2D eigenvalue weighted by Crippen LogP contribution is 2.30. The predicted octanol–water partition coefficient (Wildman–Crippen LogP) is 2.02. The Morgan fingerprint density at radius 1 is 1.30 bits per heavy atom. The van der Waals surface area contributed by atoms with Gasteiger partial charge in [-0.25, -0.2) is 14.6 Å². The van der Waals surface area contributed by atoms with Crippen molar-refractivity contribution in [2.75, 3.05) is 6.54 Å². The van der Waals surface area contributed by atoms with Crippen molar-refractivity contribution in [3.05, 3.63) is 40.4 Å². The molecule has 0 aliphatic rings. The molecule has 27 heavy (non-hydrogen) atoms. The van der Waals surface area contributed by atoms with Crippen molar-refractivity contribution in [1.29, 1.82) is 0 Å². The monoisotopic (exact) mass is 410 g/mol. The third-order valence-electron chi connectivity index (χ3n) is 3.60. The van der Waals surface area contributed by atoms with Crippen LogP contribution in [0.5, 0.6) is 0 Å². The van der Waals surface area contributed by atoms with Crippen molar-refractivity contribution >= 4 is 40.8 Å². The molecule has 0 saturated heterocycles. The normalized spacial score (nSPS) is 11.6. The number of carbonyl (C=O) groups excluding carboxylic acids is 2. The van der Waals surface area contributed by atoms with Crippen LogP contribution < -0.4 is 16.4 Å². The second kappa shape index (κ2) is 9.89. The molecule has 0 aliphatic heterocycles. The summed E-state index contributed by atoms with van der Waals surface area (Å²) in [5.41, 5.74) is 6.25. The highest BCUT2D eigenvalue weighted by atomic mass is 35.5. The summed E-state index contributed by atoms with van der Waals surface area (Å²) >= 11 is 7.51. The first kappa shape index (κ1) is 20.7. The van der Waals surface area contributed by atoms with E-state index in [1.54, 1.807) is 11.4 Å². The van der Waals surface area contributed by atoms with Crippen LogP contribution in [0.4, 0.5) is 4.79 Å². The standard InChI is InChI=1S/C17H19ClN4O4S/c18-12-5-2-1-4-11(12)15-21-10(9-27-15)8-14(23)22-13(16(24)25)6-3-7-20-17(19)26/h1-2,4-5,9,13H,3,6-8H2,(H,22,23)(H,24,25)(H3,19,20,26). The number of carbonyl (C=O) groups is 3. The van der Waals surface area contributed by atoms with Gasteiger partial charge in [0, 0.05) is 17.5 Å².